The van der Waals surface area contributed by atoms with Gasteiger partial charge >= 0.3 is 0 Å². The highest BCUT2D eigenvalue weighted by atomic mass is 16.5. The molecule has 3 rings (SSSR count). The predicted molar refractivity (Wildman–Crippen MR) is 110 cm³/mol. The molecule has 2 aromatic carbocycles. The molecule has 1 heterocycles. The van der Waals surface area contributed by atoms with E-state index in [1.165, 1.54) is 6.07 Å². The second-order valence-corrected chi connectivity index (χ2v) is 6.32. The number of carbonyl (C=O) groups excluding carboxylic acids is 1. The van der Waals surface area contributed by atoms with Crippen LogP contribution in [0.15, 0.2) is 65.5 Å². The van der Waals surface area contributed by atoms with Gasteiger partial charge in [0, 0.05) is 17.3 Å². The number of carbonyl (C=O) groups is 1. The summed E-state index contributed by atoms with van der Waals surface area (Å²) < 4.78 is 6.58. The molecule has 1 atom stereocenters. The summed E-state index contributed by atoms with van der Waals surface area (Å²) in [5, 5.41) is 16.1. The van der Waals surface area contributed by atoms with Crippen molar-refractivity contribution >= 4 is 11.6 Å². The van der Waals surface area contributed by atoms with E-state index in [-0.39, 0.29) is 5.56 Å². The first-order valence-corrected chi connectivity index (χ1v) is 9.16. The molecule has 1 amide bonds. The summed E-state index contributed by atoms with van der Waals surface area (Å²) in [4.78, 5) is 24.9. The van der Waals surface area contributed by atoms with Crippen molar-refractivity contribution in [2.45, 2.75) is 19.9 Å². The van der Waals surface area contributed by atoms with Crippen molar-refractivity contribution in [1.29, 1.82) is 5.26 Å². The number of ether oxygens (including phenoxy) is 1. The van der Waals surface area contributed by atoms with Gasteiger partial charge in [0.2, 0.25) is 5.91 Å². The van der Waals surface area contributed by atoms with Crippen LogP contribution in [0.4, 0.5) is 5.69 Å². The van der Waals surface area contributed by atoms with Crippen molar-refractivity contribution in [3.05, 3.63) is 76.6 Å². The first kappa shape index (κ1) is 19.8. The van der Waals surface area contributed by atoms with Crippen molar-refractivity contribution in [2.24, 2.45) is 0 Å². The third kappa shape index (κ3) is 4.68. The maximum atomic E-state index is 12.6. The van der Waals surface area contributed by atoms with Crippen molar-refractivity contribution in [2.75, 3.05) is 11.9 Å². The number of hydrogen-bond donors (Lipinski definition) is 1. The number of nitrogens with one attached hydrogen (secondary N) is 1. The molecule has 0 aliphatic rings. The zero-order valence-corrected chi connectivity index (χ0v) is 16.1. The van der Waals surface area contributed by atoms with Crippen LogP contribution >= 0.6 is 0 Å². The predicted octanol–water partition coefficient (Wildman–Crippen LogP) is 3.38. The van der Waals surface area contributed by atoms with Crippen LogP contribution in [0.5, 0.6) is 5.75 Å². The van der Waals surface area contributed by atoms with Gasteiger partial charge in [-0.15, -0.1) is 0 Å². The minimum atomic E-state index is -0.837. The Morgan fingerprint density at radius 3 is 2.66 bits per heavy atom. The number of nitriles is 1. The minimum absolute atomic E-state index is 0.381. The highest BCUT2D eigenvalue weighted by Gasteiger charge is 2.18. The van der Waals surface area contributed by atoms with Crippen LogP contribution < -0.4 is 15.6 Å². The van der Waals surface area contributed by atoms with Gasteiger partial charge in [-0.3, -0.25) is 9.59 Å². The Hall–Kier alpha value is -3.92. The summed E-state index contributed by atoms with van der Waals surface area (Å²) in [5.74, 6) is 0.343. The molecule has 1 N–H and O–H groups in total. The molecule has 1 unspecified atom stereocenters. The van der Waals surface area contributed by atoms with E-state index in [9.17, 15) is 9.59 Å². The van der Waals surface area contributed by atoms with Crippen molar-refractivity contribution in [1.82, 2.24) is 9.78 Å². The number of rotatable bonds is 6. The standard InChI is InChI=1S/C22H20N4O3/c1-3-29-19-9-7-17(8-10-19)20-11-12-21(27)26(25-20)15(2)22(28)24-18-6-4-5-16(13-18)14-23/h4-13,15H,3H2,1-2H3,(H,24,28). The Morgan fingerprint density at radius 2 is 1.97 bits per heavy atom. The molecule has 0 radical (unpaired) electrons. The zero-order chi connectivity index (χ0) is 20.8. The van der Waals surface area contributed by atoms with E-state index >= 15 is 0 Å². The first-order chi connectivity index (χ1) is 14.0. The van der Waals surface area contributed by atoms with Crippen LogP contribution in [-0.2, 0) is 4.79 Å². The molecule has 0 bridgehead atoms. The van der Waals surface area contributed by atoms with Crippen LogP contribution in [0.1, 0.15) is 25.5 Å². The molecule has 0 fully saturated rings. The van der Waals surface area contributed by atoms with Crippen LogP contribution in [-0.4, -0.2) is 22.3 Å². The van der Waals surface area contributed by atoms with Gasteiger partial charge in [-0.2, -0.15) is 10.4 Å². The lowest BCUT2D eigenvalue weighted by atomic mass is 10.1. The van der Waals surface area contributed by atoms with E-state index in [1.54, 1.807) is 37.3 Å². The molecule has 0 saturated heterocycles. The van der Waals surface area contributed by atoms with Gasteiger partial charge in [-0.25, -0.2) is 4.68 Å². The summed E-state index contributed by atoms with van der Waals surface area (Å²) in [5.41, 5.74) is 1.91. The van der Waals surface area contributed by atoms with Crippen molar-refractivity contribution < 1.29 is 9.53 Å². The molecule has 7 heteroatoms. The van der Waals surface area contributed by atoms with Gasteiger partial charge < -0.3 is 10.1 Å². The minimum Gasteiger partial charge on any atom is -0.494 e. The maximum absolute atomic E-state index is 12.6. The van der Waals surface area contributed by atoms with E-state index < -0.39 is 11.9 Å². The largest absolute Gasteiger partial charge is 0.494 e. The molecule has 29 heavy (non-hydrogen) atoms. The van der Waals surface area contributed by atoms with Gasteiger partial charge in [0.1, 0.15) is 11.8 Å². The molecule has 0 saturated carbocycles. The zero-order valence-electron chi connectivity index (χ0n) is 16.1. The van der Waals surface area contributed by atoms with Crippen LogP contribution in [0, 0.1) is 11.3 Å². The summed E-state index contributed by atoms with van der Waals surface area (Å²) in [6.45, 7) is 4.08. The Balaban J connectivity index is 1.83. The fourth-order valence-electron chi connectivity index (χ4n) is 2.77. The maximum Gasteiger partial charge on any atom is 0.267 e. The van der Waals surface area contributed by atoms with Gasteiger partial charge in [0.15, 0.2) is 0 Å². The fraction of sp³-hybridized carbons (Fsp3) is 0.182. The van der Waals surface area contributed by atoms with Crippen molar-refractivity contribution in [3.8, 4) is 23.1 Å². The molecule has 0 aliphatic carbocycles. The number of benzene rings is 2. The Morgan fingerprint density at radius 1 is 1.21 bits per heavy atom. The Labute approximate surface area is 168 Å². The number of hydrogen-bond acceptors (Lipinski definition) is 5. The van der Waals surface area contributed by atoms with Gasteiger partial charge in [-0.05, 0) is 62.4 Å². The highest BCUT2D eigenvalue weighted by molar-refractivity contribution is 5.93. The lowest BCUT2D eigenvalue weighted by molar-refractivity contribution is -0.119. The molecular formula is C22H20N4O3. The average Bonchev–Trinajstić information content (AvgIpc) is 2.74. The Bertz CT molecular complexity index is 1110. The van der Waals surface area contributed by atoms with Crippen LogP contribution in [0.2, 0.25) is 0 Å². The van der Waals surface area contributed by atoms with E-state index in [4.69, 9.17) is 10.00 Å². The monoisotopic (exact) mass is 388 g/mol. The van der Waals surface area contributed by atoms with E-state index in [0.717, 1.165) is 16.0 Å². The molecule has 1 aromatic heterocycles. The molecule has 7 nitrogen and oxygen atoms in total. The topological polar surface area (TPSA) is 97.0 Å². The number of nitrogens with zero attached hydrogens (tertiary/aromatic N) is 3. The van der Waals surface area contributed by atoms with Crippen LogP contribution in [0.3, 0.4) is 0 Å². The number of aromatic nitrogens is 2. The normalized spacial score (nSPS) is 11.3. The van der Waals surface area contributed by atoms with E-state index in [0.29, 0.717) is 23.6 Å². The SMILES string of the molecule is CCOc1ccc(-c2ccc(=O)n(C(C)C(=O)Nc3cccc(C#N)c3)n2)cc1. The number of amides is 1. The van der Waals surface area contributed by atoms with Crippen molar-refractivity contribution in [3.63, 3.8) is 0 Å². The van der Waals surface area contributed by atoms with Gasteiger partial charge in [-0.1, -0.05) is 6.07 Å². The lowest BCUT2D eigenvalue weighted by Gasteiger charge is -2.15. The van der Waals surface area contributed by atoms with Gasteiger partial charge in [0.05, 0.1) is 23.9 Å². The lowest BCUT2D eigenvalue weighted by Crippen LogP contribution is -2.33. The molecule has 0 spiro atoms. The van der Waals surface area contributed by atoms with Gasteiger partial charge in [0.25, 0.3) is 5.56 Å². The average molecular weight is 388 g/mol. The Kier molecular flexibility index (Phi) is 6.05. The first-order valence-electron chi connectivity index (χ1n) is 9.16. The summed E-state index contributed by atoms with van der Waals surface area (Å²) in [6, 6.07) is 18.1. The summed E-state index contributed by atoms with van der Waals surface area (Å²) in [7, 11) is 0. The number of anilines is 1. The van der Waals surface area contributed by atoms with E-state index in [2.05, 4.69) is 10.4 Å². The second kappa shape index (κ2) is 8.85. The highest BCUT2D eigenvalue weighted by Crippen LogP contribution is 2.20. The van der Waals surface area contributed by atoms with E-state index in [1.807, 2.05) is 37.3 Å². The molecule has 146 valence electrons. The molecule has 3 aromatic rings. The third-order valence-corrected chi connectivity index (χ3v) is 4.29. The molecular weight excluding hydrogens is 368 g/mol. The summed E-state index contributed by atoms with van der Waals surface area (Å²) >= 11 is 0. The third-order valence-electron chi connectivity index (χ3n) is 4.29. The molecule has 0 aliphatic heterocycles. The smallest absolute Gasteiger partial charge is 0.267 e. The van der Waals surface area contributed by atoms with Crippen LogP contribution in [0.25, 0.3) is 11.3 Å². The second-order valence-electron chi connectivity index (χ2n) is 6.32. The summed E-state index contributed by atoms with van der Waals surface area (Å²) in [6.07, 6.45) is 0. The fourth-order valence-corrected chi connectivity index (χ4v) is 2.77. The quantitative estimate of drug-likeness (QED) is 0.698.